The van der Waals surface area contributed by atoms with Crippen molar-refractivity contribution < 1.29 is 19.1 Å². The molecular weight excluding hydrogens is 320 g/mol. The Bertz CT molecular complexity index is 640. The number of benzene rings is 1. The van der Waals surface area contributed by atoms with Gasteiger partial charge in [0.05, 0.1) is 26.1 Å². The topological polar surface area (TPSA) is 76.7 Å². The van der Waals surface area contributed by atoms with Gasteiger partial charge < -0.3 is 20.1 Å². The van der Waals surface area contributed by atoms with Crippen LogP contribution in [0.15, 0.2) is 18.2 Å². The van der Waals surface area contributed by atoms with E-state index in [-0.39, 0.29) is 29.7 Å². The zero-order valence-corrected chi connectivity index (χ0v) is 14.8. The van der Waals surface area contributed by atoms with Gasteiger partial charge >= 0.3 is 0 Å². The van der Waals surface area contributed by atoms with Crippen molar-refractivity contribution in [3.8, 4) is 11.5 Å². The Morgan fingerprint density at radius 1 is 0.960 bits per heavy atom. The minimum atomic E-state index is -0.239. The minimum Gasteiger partial charge on any atom is -0.493 e. The molecule has 25 heavy (non-hydrogen) atoms. The number of carbonyl (C=O) groups excluding carboxylic acids is 2. The molecule has 0 spiro atoms. The van der Waals surface area contributed by atoms with Crippen molar-refractivity contribution >= 4 is 17.5 Å². The van der Waals surface area contributed by atoms with E-state index in [1.165, 1.54) is 19.3 Å². The first-order chi connectivity index (χ1) is 12.1. The van der Waals surface area contributed by atoms with Crippen LogP contribution in [0.3, 0.4) is 0 Å². The fraction of sp³-hybridized carbons (Fsp3) is 0.579. The zero-order chi connectivity index (χ0) is 17.8. The Morgan fingerprint density at radius 2 is 1.64 bits per heavy atom. The molecule has 1 aromatic rings. The van der Waals surface area contributed by atoms with Crippen molar-refractivity contribution in [2.75, 3.05) is 19.5 Å². The summed E-state index contributed by atoms with van der Waals surface area (Å²) in [7, 11) is 3.12. The standard InChI is InChI=1S/C19H26N2O4/c1-24-16-9-8-13(10-17(16)25-2)21-19(23)15-11-14(15)18(22)20-12-6-4-3-5-7-12/h8-10,12,14-15H,3-7,11H2,1-2H3,(H,20,22)(H,21,23). The monoisotopic (exact) mass is 346 g/mol. The summed E-state index contributed by atoms with van der Waals surface area (Å²) in [6, 6.07) is 5.51. The van der Waals surface area contributed by atoms with Crippen molar-refractivity contribution in [1.82, 2.24) is 5.32 Å². The largest absolute Gasteiger partial charge is 0.493 e. The molecule has 0 radical (unpaired) electrons. The molecule has 2 aliphatic carbocycles. The molecule has 1 aromatic carbocycles. The van der Waals surface area contributed by atoms with Gasteiger partial charge in [-0.25, -0.2) is 0 Å². The third kappa shape index (κ3) is 4.24. The molecule has 0 aliphatic heterocycles. The van der Waals surface area contributed by atoms with Gasteiger partial charge in [0, 0.05) is 17.8 Å². The van der Waals surface area contributed by atoms with Crippen LogP contribution in [0.25, 0.3) is 0 Å². The summed E-state index contributed by atoms with van der Waals surface area (Å²) >= 11 is 0. The fourth-order valence-corrected chi connectivity index (χ4v) is 3.48. The van der Waals surface area contributed by atoms with Gasteiger partial charge in [-0.2, -0.15) is 0 Å². The van der Waals surface area contributed by atoms with E-state index in [0.717, 1.165) is 12.8 Å². The van der Waals surface area contributed by atoms with Crippen LogP contribution in [0.5, 0.6) is 11.5 Å². The Hall–Kier alpha value is -2.24. The van der Waals surface area contributed by atoms with Crippen LogP contribution in [0.4, 0.5) is 5.69 Å². The van der Waals surface area contributed by atoms with Gasteiger partial charge in [-0.05, 0) is 31.4 Å². The van der Waals surface area contributed by atoms with Crippen molar-refractivity contribution in [3.05, 3.63) is 18.2 Å². The van der Waals surface area contributed by atoms with Crippen LogP contribution in [-0.2, 0) is 9.59 Å². The number of carbonyl (C=O) groups is 2. The van der Waals surface area contributed by atoms with E-state index in [1.807, 2.05) is 0 Å². The second-order valence-electron chi connectivity index (χ2n) is 6.85. The highest BCUT2D eigenvalue weighted by molar-refractivity contribution is 5.99. The van der Waals surface area contributed by atoms with Gasteiger partial charge in [-0.1, -0.05) is 19.3 Å². The number of hydrogen-bond acceptors (Lipinski definition) is 4. The molecule has 136 valence electrons. The van der Waals surface area contributed by atoms with Crippen molar-refractivity contribution in [3.63, 3.8) is 0 Å². The molecule has 6 heteroatoms. The molecular formula is C19H26N2O4. The smallest absolute Gasteiger partial charge is 0.228 e. The summed E-state index contributed by atoms with van der Waals surface area (Å²) in [5.74, 6) is 0.647. The molecule has 6 nitrogen and oxygen atoms in total. The molecule has 2 N–H and O–H groups in total. The second kappa shape index (κ2) is 7.76. The lowest BCUT2D eigenvalue weighted by atomic mass is 9.95. The molecule has 2 saturated carbocycles. The molecule has 0 heterocycles. The highest BCUT2D eigenvalue weighted by Crippen LogP contribution is 2.40. The summed E-state index contributed by atoms with van der Waals surface area (Å²) in [5.41, 5.74) is 0.640. The lowest BCUT2D eigenvalue weighted by Crippen LogP contribution is -2.37. The van der Waals surface area contributed by atoms with Crippen LogP contribution in [0.1, 0.15) is 38.5 Å². The van der Waals surface area contributed by atoms with E-state index >= 15 is 0 Å². The maximum Gasteiger partial charge on any atom is 0.228 e. The predicted octanol–water partition coefficient (Wildman–Crippen LogP) is 2.73. The average Bonchev–Trinajstić information content (AvgIpc) is 3.43. The Labute approximate surface area is 148 Å². The van der Waals surface area contributed by atoms with Gasteiger partial charge in [0.1, 0.15) is 0 Å². The quantitative estimate of drug-likeness (QED) is 0.830. The minimum absolute atomic E-state index is 0.0272. The average molecular weight is 346 g/mol. The molecule has 0 bridgehead atoms. The van der Waals surface area contributed by atoms with Crippen molar-refractivity contribution in [2.24, 2.45) is 11.8 Å². The molecule has 0 saturated heterocycles. The van der Waals surface area contributed by atoms with Crippen LogP contribution < -0.4 is 20.1 Å². The highest BCUT2D eigenvalue weighted by atomic mass is 16.5. The molecule has 0 aromatic heterocycles. The molecule has 2 unspecified atom stereocenters. The molecule has 3 rings (SSSR count). The van der Waals surface area contributed by atoms with Crippen LogP contribution >= 0.6 is 0 Å². The van der Waals surface area contributed by atoms with Gasteiger partial charge in [0.25, 0.3) is 0 Å². The highest BCUT2D eigenvalue weighted by Gasteiger charge is 2.48. The SMILES string of the molecule is COc1ccc(NC(=O)C2CC2C(=O)NC2CCCCC2)cc1OC. The van der Waals surface area contributed by atoms with E-state index < -0.39 is 0 Å². The number of anilines is 1. The molecule has 2 amide bonds. The number of hydrogen-bond donors (Lipinski definition) is 2. The van der Waals surface area contributed by atoms with E-state index in [2.05, 4.69) is 10.6 Å². The van der Waals surface area contributed by atoms with Crippen LogP contribution in [0.2, 0.25) is 0 Å². The first-order valence-electron chi connectivity index (χ1n) is 8.95. The summed E-state index contributed by atoms with van der Waals surface area (Å²) < 4.78 is 10.4. The fourth-order valence-electron chi connectivity index (χ4n) is 3.48. The summed E-state index contributed by atoms with van der Waals surface area (Å²) in [6.07, 6.45) is 6.35. The van der Waals surface area contributed by atoms with Crippen LogP contribution in [0, 0.1) is 11.8 Å². The van der Waals surface area contributed by atoms with Gasteiger partial charge in [-0.15, -0.1) is 0 Å². The summed E-state index contributed by atoms with van der Waals surface area (Å²) in [6.45, 7) is 0. The summed E-state index contributed by atoms with van der Waals surface area (Å²) in [4.78, 5) is 24.7. The normalized spacial score (nSPS) is 22.8. The first kappa shape index (κ1) is 17.6. The van der Waals surface area contributed by atoms with Gasteiger partial charge in [0.2, 0.25) is 11.8 Å². The maximum absolute atomic E-state index is 12.4. The number of rotatable bonds is 6. The van der Waals surface area contributed by atoms with Gasteiger partial charge in [0.15, 0.2) is 11.5 Å². The van der Waals surface area contributed by atoms with E-state index in [4.69, 9.17) is 9.47 Å². The van der Waals surface area contributed by atoms with Crippen molar-refractivity contribution in [2.45, 2.75) is 44.6 Å². The lowest BCUT2D eigenvalue weighted by Gasteiger charge is -2.22. The lowest BCUT2D eigenvalue weighted by molar-refractivity contribution is -0.126. The summed E-state index contributed by atoms with van der Waals surface area (Å²) in [5, 5.41) is 5.97. The maximum atomic E-state index is 12.4. The number of methoxy groups -OCH3 is 2. The first-order valence-corrected chi connectivity index (χ1v) is 8.95. The van der Waals surface area contributed by atoms with E-state index in [1.54, 1.807) is 32.4 Å². The Morgan fingerprint density at radius 3 is 2.32 bits per heavy atom. The number of nitrogens with one attached hydrogen (secondary N) is 2. The number of amides is 2. The molecule has 2 atom stereocenters. The van der Waals surface area contributed by atoms with Crippen LogP contribution in [-0.4, -0.2) is 32.1 Å². The Kier molecular flexibility index (Phi) is 5.46. The molecule has 2 fully saturated rings. The molecule has 2 aliphatic rings. The zero-order valence-electron chi connectivity index (χ0n) is 14.8. The Balaban J connectivity index is 1.52. The third-order valence-corrected chi connectivity index (χ3v) is 5.07. The van der Waals surface area contributed by atoms with Crippen molar-refractivity contribution in [1.29, 1.82) is 0 Å². The second-order valence-corrected chi connectivity index (χ2v) is 6.85. The number of ether oxygens (including phenoxy) is 2. The van der Waals surface area contributed by atoms with E-state index in [9.17, 15) is 9.59 Å². The van der Waals surface area contributed by atoms with Gasteiger partial charge in [-0.3, -0.25) is 9.59 Å². The predicted molar refractivity (Wildman–Crippen MR) is 94.8 cm³/mol. The van der Waals surface area contributed by atoms with E-state index in [0.29, 0.717) is 23.6 Å². The third-order valence-electron chi connectivity index (χ3n) is 5.07.